The van der Waals surface area contributed by atoms with Crippen molar-refractivity contribution in [3.05, 3.63) is 112 Å². The van der Waals surface area contributed by atoms with Gasteiger partial charge < -0.3 is 29.7 Å². The van der Waals surface area contributed by atoms with Gasteiger partial charge in [0.25, 0.3) is 5.56 Å². The zero-order chi connectivity index (χ0) is 32.4. The lowest BCUT2D eigenvalue weighted by atomic mass is 9.88. The van der Waals surface area contributed by atoms with Crippen LogP contribution < -0.4 is 21.3 Å². The maximum atomic E-state index is 14.0. The van der Waals surface area contributed by atoms with E-state index in [4.69, 9.17) is 15.2 Å². The molecule has 234 valence electrons. The summed E-state index contributed by atoms with van der Waals surface area (Å²) in [5.41, 5.74) is 5.54. The summed E-state index contributed by atoms with van der Waals surface area (Å²) in [6.45, 7) is 0.369. The van der Waals surface area contributed by atoms with E-state index in [1.54, 1.807) is 24.4 Å². The molecule has 1 saturated carbocycles. The Labute approximate surface area is 260 Å². The standard InChI is InChI=1S/C32H27F3N8O3/c1-42-28-23(14-36)27(46-26(15-37)24-9-5-6-10-38-24)16-39-29(28)41-31(42)40-25-11-20(32(33,34)35)17-43(30(25)44)21-12-22(13-21)45-18-19-7-3-2-4-8-19/h2-11,15-17,21-22H,12-13,18,37H2,1H3,(H,39,40,41)/b26-15+. The van der Waals surface area contributed by atoms with Crippen molar-refractivity contribution >= 4 is 28.6 Å². The number of aryl methyl sites for hydroxylation is 1. The van der Waals surface area contributed by atoms with E-state index in [2.05, 4.69) is 26.3 Å². The Balaban J connectivity index is 1.28. The molecular formula is C32H27F3N8O3. The van der Waals surface area contributed by atoms with Crippen LogP contribution in [0, 0.1) is 11.3 Å². The van der Waals surface area contributed by atoms with Gasteiger partial charge in [-0.25, -0.2) is 4.98 Å². The van der Waals surface area contributed by atoms with Gasteiger partial charge in [0.1, 0.15) is 28.5 Å². The summed E-state index contributed by atoms with van der Waals surface area (Å²) in [5.74, 6) is 0.227. The largest absolute Gasteiger partial charge is 0.450 e. The molecule has 1 aromatic carbocycles. The van der Waals surface area contributed by atoms with E-state index in [0.717, 1.165) is 22.4 Å². The van der Waals surface area contributed by atoms with Gasteiger partial charge in [-0.1, -0.05) is 36.4 Å². The summed E-state index contributed by atoms with van der Waals surface area (Å²) >= 11 is 0. The molecule has 0 aliphatic heterocycles. The molecule has 3 N–H and O–H groups in total. The number of halogens is 3. The van der Waals surface area contributed by atoms with E-state index >= 15 is 0 Å². The van der Waals surface area contributed by atoms with Crippen molar-refractivity contribution in [2.45, 2.75) is 37.8 Å². The molecule has 46 heavy (non-hydrogen) atoms. The Morgan fingerprint density at radius 3 is 2.61 bits per heavy atom. The van der Waals surface area contributed by atoms with Crippen molar-refractivity contribution in [3.8, 4) is 11.8 Å². The molecule has 0 saturated heterocycles. The highest BCUT2D eigenvalue weighted by molar-refractivity contribution is 5.84. The van der Waals surface area contributed by atoms with Crippen LogP contribution in [0.15, 0.2) is 84.2 Å². The minimum Gasteiger partial charge on any atom is -0.450 e. The maximum absolute atomic E-state index is 14.0. The second-order valence-electron chi connectivity index (χ2n) is 10.6. The van der Waals surface area contributed by atoms with Crippen LogP contribution in [0.2, 0.25) is 0 Å². The number of nitrogens with one attached hydrogen (secondary N) is 1. The van der Waals surface area contributed by atoms with Gasteiger partial charge in [-0.3, -0.25) is 9.78 Å². The molecule has 4 heterocycles. The van der Waals surface area contributed by atoms with Crippen molar-refractivity contribution in [1.29, 1.82) is 5.26 Å². The second-order valence-corrected chi connectivity index (χ2v) is 10.6. The Hall–Kier alpha value is -5.68. The predicted molar refractivity (Wildman–Crippen MR) is 163 cm³/mol. The molecule has 0 radical (unpaired) electrons. The molecule has 6 rings (SSSR count). The first kappa shape index (κ1) is 30.4. The highest BCUT2D eigenvalue weighted by atomic mass is 19.4. The number of fused-ring (bicyclic) bond motifs is 1. The third-order valence-corrected chi connectivity index (χ3v) is 7.67. The fraction of sp³-hybridized carbons (Fsp3) is 0.219. The molecule has 0 bridgehead atoms. The minimum absolute atomic E-state index is 0.00359. The van der Waals surface area contributed by atoms with E-state index in [1.165, 1.54) is 24.0 Å². The Morgan fingerprint density at radius 2 is 1.93 bits per heavy atom. The zero-order valence-electron chi connectivity index (χ0n) is 24.4. The van der Waals surface area contributed by atoms with E-state index < -0.39 is 23.3 Å². The number of rotatable bonds is 9. The monoisotopic (exact) mass is 628 g/mol. The molecule has 0 amide bonds. The van der Waals surface area contributed by atoms with E-state index in [-0.39, 0.29) is 46.0 Å². The molecule has 0 atom stereocenters. The number of anilines is 2. The first-order valence-electron chi connectivity index (χ1n) is 14.2. The molecule has 1 fully saturated rings. The molecule has 1 aliphatic rings. The molecule has 5 aromatic rings. The van der Waals surface area contributed by atoms with Crippen molar-refractivity contribution in [2.75, 3.05) is 5.32 Å². The van der Waals surface area contributed by atoms with Gasteiger partial charge in [0.15, 0.2) is 17.2 Å². The van der Waals surface area contributed by atoms with Crippen LogP contribution in [-0.4, -0.2) is 30.2 Å². The summed E-state index contributed by atoms with van der Waals surface area (Å²) in [4.78, 5) is 26.3. The summed E-state index contributed by atoms with van der Waals surface area (Å²) in [7, 11) is 1.54. The van der Waals surface area contributed by atoms with Crippen LogP contribution in [0.25, 0.3) is 16.9 Å². The number of nitrogens with two attached hydrogens (primary N) is 1. The molecular weight excluding hydrogens is 601 g/mol. The average Bonchev–Trinajstić information content (AvgIpc) is 3.35. The van der Waals surface area contributed by atoms with Crippen molar-refractivity contribution in [3.63, 3.8) is 0 Å². The van der Waals surface area contributed by atoms with Crippen molar-refractivity contribution < 1.29 is 22.6 Å². The van der Waals surface area contributed by atoms with Crippen molar-refractivity contribution in [2.24, 2.45) is 12.8 Å². The number of alkyl halides is 3. The van der Waals surface area contributed by atoms with Gasteiger partial charge >= 0.3 is 6.18 Å². The lowest BCUT2D eigenvalue weighted by molar-refractivity contribution is -0.138. The fourth-order valence-electron chi connectivity index (χ4n) is 5.18. The predicted octanol–water partition coefficient (Wildman–Crippen LogP) is 5.42. The number of benzene rings is 1. The molecule has 11 nitrogen and oxygen atoms in total. The molecule has 1 aliphatic carbocycles. The quantitative estimate of drug-likeness (QED) is 0.205. The van der Waals surface area contributed by atoms with Crippen LogP contribution in [0.1, 0.15) is 41.3 Å². The maximum Gasteiger partial charge on any atom is 0.417 e. The van der Waals surface area contributed by atoms with Gasteiger partial charge in [0, 0.05) is 31.7 Å². The lowest BCUT2D eigenvalue weighted by Gasteiger charge is -2.36. The number of hydrogen-bond acceptors (Lipinski definition) is 9. The summed E-state index contributed by atoms with van der Waals surface area (Å²) in [5, 5.41) is 12.8. The van der Waals surface area contributed by atoms with Crippen LogP contribution in [0.3, 0.4) is 0 Å². The Morgan fingerprint density at radius 1 is 1.17 bits per heavy atom. The van der Waals surface area contributed by atoms with Crippen LogP contribution >= 0.6 is 0 Å². The van der Waals surface area contributed by atoms with E-state index in [9.17, 15) is 23.2 Å². The van der Waals surface area contributed by atoms with Crippen LogP contribution in [-0.2, 0) is 24.6 Å². The normalized spacial score (nSPS) is 16.5. The summed E-state index contributed by atoms with van der Waals surface area (Å²) < 4.78 is 56.2. The van der Waals surface area contributed by atoms with Gasteiger partial charge in [0.05, 0.1) is 24.5 Å². The number of ether oxygens (including phenoxy) is 2. The lowest BCUT2D eigenvalue weighted by Crippen LogP contribution is -2.39. The zero-order valence-corrected chi connectivity index (χ0v) is 24.4. The van der Waals surface area contributed by atoms with Gasteiger partial charge in [-0.15, -0.1) is 0 Å². The number of hydrogen-bond donors (Lipinski definition) is 2. The number of nitriles is 1. The smallest absolute Gasteiger partial charge is 0.417 e. The van der Waals surface area contributed by atoms with Gasteiger partial charge in [0.2, 0.25) is 5.95 Å². The highest BCUT2D eigenvalue weighted by Crippen LogP contribution is 2.37. The topological polar surface area (TPSA) is 146 Å². The molecule has 4 aromatic heterocycles. The van der Waals surface area contributed by atoms with Crippen molar-refractivity contribution in [1.82, 2.24) is 24.1 Å². The summed E-state index contributed by atoms with van der Waals surface area (Å²) in [6.07, 6.45) is 0.737. The second kappa shape index (κ2) is 12.4. The van der Waals surface area contributed by atoms with Gasteiger partial charge in [-0.05, 0) is 36.6 Å². The third kappa shape index (κ3) is 6.00. The fourth-order valence-corrected chi connectivity index (χ4v) is 5.18. The number of imidazole rings is 1. The first-order chi connectivity index (χ1) is 22.2. The Bertz CT molecular complexity index is 2010. The number of aromatic nitrogens is 5. The highest BCUT2D eigenvalue weighted by Gasteiger charge is 2.37. The SMILES string of the molecule is Cn1c(Nc2cc(C(F)(F)F)cn(C3CC(OCc4ccccc4)C3)c2=O)nc2ncc(O/C(=C/N)c3ccccn3)c(C#N)c21. The van der Waals surface area contributed by atoms with E-state index in [0.29, 0.717) is 25.1 Å². The molecule has 0 unspecified atom stereocenters. The first-order valence-corrected chi connectivity index (χ1v) is 14.2. The van der Waals surface area contributed by atoms with Crippen LogP contribution in [0.5, 0.6) is 5.75 Å². The molecule has 14 heteroatoms. The summed E-state index contributed by atoms with van der Waals surface area (Å²) in [6, 6.07) is 17.0. The Kier molecular flexibility index (Phi) is 8.16. The minimum atomic E-state index is -4.71. The average molecular weight is 629 g/mol. The third-order valence-electron chi connectivity index (χ3n) is 7.67. The van der Waals surface area contributed by atoms with Gasteiger partial charge in [-0.2, -0.15) is 23.4 Å². The van der Waals surface area contributed by atoms with Crippen LogP contribution in [0.4, 0.5) is 24.8 Å². The number of pyridine rings is 3. The molecule has 0 spiro atoms. The van der Waals surface area contributed by atoms with E-state index in [1.807, 2.05) is 30.3 Å². The number of nitrogens with zero attached hydrogens (tertiary/aromatic N) is 6.